The number of nitrogen functional groups attached to an aromatic ring is 1. The predicted molar refractivity (Wildman–Crippen MR) is 78.1 cm³/mol. The highest BCUT2D eigenvalue weighted by Gasteiger charge is 2.52. The lowest BCUT2D eigenvalue weighted by molar-refractivity contribution is 0.00578. The van der Waals surface area contributed by atoms with Crippen LogP contribution in [0.2, 0.25) is 5.02 Å². The summed E-state index contributed by atoms with van der Waals surface area (Å²) < 4.78 is 17.1. The number of nitrogens with two attached hydrogens (primary N) is 1. The average molecular weight is 284 g/mol. The van der Waals surface area contributed by atoms with E-state index >= 15 is 0 Å². The minimum Gasteiger partial charge on any atom is -0.495 e. The molecule has 1 aliphatic rings. The minimum absolute atomic E-state index is 0.417. The second-order valence-electron chi connectivity index (χ2n) is 5.70. The van der Waals surface area contributed by atoms with Crippen LogP contribution in [0.1, 0.15) is 27.7 Å². The fourth-order valence-corrected chi connectivity index (χ4v) is 2.16. The van der Waals surface area contributed by atoms with E-state index in [-0.39, 0.29) is 0 Å². The molecule has 1 fully saturated rings. The Morgan fingerprint density at radius 3 is 2.16 bits per heavy atom. The normalized spacial score (nSPS) is 20.6. The van der Waals surface area contributed by atoms with E-state index in [9.17, 15) is 0 Å². The lowest BCUT2D eigenvalue weighted by Gasteiger charge is -2.32. The van der Waals surface area contributed by atoms with Gasteiger partial charge in [-0.15, -0.1) is 0 Å². The van der Waals surface area contributed by atoms with Crippen LogP contribution in [0.15, 0.2) is 12.1 Å². The number of ether oxygens (including phenoxy) is 1. The van der Waals surface area contributed by atoms with Gasteiger partial charge in [-0.25, -0.2) is 0 Å². The monoisotopic (exact) mass is 283 g/mol. The third kappa shape index (κ3) is 2.42. The van der Waals surface area contributed by atoms with Gasteiger partial charge < -0.3 is 19.8 Å². The molecular weight excluding hydrogens is 264 g/mol. The van der Waals surface area contributed by atoms with Crippen molar-refractivity contribution in [3.63, 3.8) is 0 Å². The van der Waals surface area contributed by atoms with Crippen LogP contribution in [0.25, 0.3) is 0 Å². The summed E-state index contributed by atoms with van der Waals surface area (Å²) in [4.78, 5) is 0. The summed E-state index contributed by atoms with van der Waals surface area (Å²) in [7, 11) is 1.01. The van der Waals surface area contributed by atoms with Gasteiger partial charge >= 0.3 is 7.12 Å². The molecule has 0 aromatic heterocycles. The smallest absolute Gasteiger partial charge is 0.495 e. The minimum atomic E-state index is -0.544. The van der Waals surface area contributed by atoms with Gasteiger partial charge in [-0.3, -0.25) is 0 Å². The summed E-state index contributed by atoms with van der Waals surface area (Å²) >= 11 is 6.07. The molecule has 1 aliphatic heterocycles. The van der Waals surface area contributed by atoms with E-state index in [4.69, 9.17) is 31.4 Å². The topological polar surface area (TPSA) is 53.7 Å². The van der Waals surface area contributed by atoms with Gasteiger partial charge in [-0.1, -0.05) is 11.6 Å². The van der Waals surface area contributed by atoms with Crippen molar-refractivity contribution in [2.75, 3.05) is 12.8 Å². The highest BCUT2D eigenvalue weighted by molar-refractivity contribution is 6.64. The zero-order valence-corrected chi connectivity index (χ0v) is 12.7. The molecule has 0 unspecified atom stereocenters. The largest absolute Gasteiger partial charge is 0.497 e. The van der Waals surface area contributed by atoms with Crippen LogP contribution in [0.4, 0.5) is 5.69 Å². The van der Waals surface area contributed by atoms with E-state index in [0.29, 0.717) is 21.9 Å². The van der Waals surface area contributed by atoms with Gasteiger partial charge in [-0.2, -0.15) is 0 Å². The Morgan fingerprint density at radius 2 is 1.68 bits per heavy atom. The number of methoxy groups -OCH3 is 1. The van der Waals surface area contributed by atoms with Gasteiger partial charge in [-0.05, 0) is 33.8 Å². The highest BCUT2D eigenvalue weighted by Crippen LogP contribution is 2.37. The summed E-state index contributed by atoms with van der Waals surface area (Å²) in [6.07, 6.45) is 0. The van der Waals surface area contributed by atoms with Crippen molar-refractivity contribution in [3.8, 4) is 5.75 Å². The maximum atomic E-state index is 6.08. The molecule has 0 amide bonds. The van der Waals surface area contributed by atoms with Crippen LogP contribution < -0.4 is 15.9 Å². The predicted octanol–water partition coefficient (Wildman–Crippen LogP) is 2.23. The van der Waals surface area contributed by atoms with Crippen molar-refractivity contribution in [3.05, 3.63) is 17.2 Å². The first-order chi connectivity index (χ1) is 8.68. The molecular formula is C13H19BClNO3. The number of halogens is 1. The molecule has 104 valence electrons. The quantitative estimate of drug-likeness (QED) is 0.668. The van der Waals surface area contributed by atoms with E-state index in [1.165, 1.54) is 0 Å². The second kappa shape index (κ2) is 4.58. The Kier molecular flexibility index (Phi) is 3.50. The van der Waals surface area contributed by atoms with E-state index in [2.05, 4.69) is 0 Å². The molecule has 1 heterocycles. The molecule has 2 N–H and O–H groups in total. The molecule has 2 rings (SSSR count). The Morgan fingerprint density at radius 1 is 1.16 bits per heavy atom. The molecule has 4 nitrogen and oxygen atoms in total. The summed E-state index contributed by atoms with van der Waals surface area (Å²) in [5.41, 5.74) is 6.43. The molecule has 0 bridgehead atoms. The number of anilines is 1. The number of hydrogen-bond donors (Lipinski definition) is 1. The zero-order chi connectivity index (χ0) is 14.4. The fourth-order valence-electron chi connectivity index (χ4n) is 1.95. The third-order valence-corrected chi connectivity index (χ3v) is 4.08. The molecule has 19 heavy (non-hydrogen) atoms. The van der Waals surface area contributed by atoms with Gasteiger partial charge in [0.25, 0.3) is 0 Å². The average Bonchev–Trinajstić information content (AvgIpc) is 2.50. The SMILES string of the molecule is COc1cc(Cl)cc(B2OC(C)(C)C(C)(C)O2)c1N. The maximum Gasteiger partial charge on any atom is 0.497 e. The fraction of sp³-hybridized carbons (Fsp3) is 0.538. The van der Waals surface area contributed by atoms with Crippen LogP contribution in [-0.4, -0.2) is 25.4 Å². The van der Waals surface area contributed by atoms with E-state index < -0.39 is 18.3 Å². The Bertz CT molecular complexity index is 489. The van der Waals surface area contributed by atoms with Gasteiger partial charge in [0.1, 0.15) is 5.75 Å². The zero-order valence-electron chi connectivity index (χ0n) is 11.9. The number of rotatable bonds is 2. The van der Waals surface area contributed by atoms with E-state index in [0.717, 1.165) is 0 Å². The van der Waals surface area contributed by atoms with Crippen LogP contribution in [0.5, 0.6) is 5.75 Å². The van der Waals surface area contributed by atoms with Gasteiger partial charge in [0.2, 0.25) is 0 Å². The van der Waals surface area contributed by atoms with Gasteiger partial charge in [0, 0.05) is 16.6 Å². The van der Waals surface area contributed by atoms with Crippen LogP contribution in [0, 0.1) is 0 Å². The van der Waals surface area contributed by atoms with Crippen molar-refractivity contribution in [1.29, 1.82) is 0 Å². The number of hydrogen-bond acceptors (Lipinski definition) is 4. The van der Waals surface area contributed by atoms with Crippen molar-refractivity contribution >= 4 is 29.9 Å². The van der Waals surface area contributed by atoms with E-state index in [1.54, 1.807) is 19.2 Å². The Hall–Kier alpha value is -0.905. The first-order valence-corrected chi connectivity index (χ1v) is 6.54. The third-order valence-electron chi connectivity index (χ3n) is 3.87. The summed E-state index contributed by atoms with van der Waals surface area (Å²) in [5.74, 6) is 0.525. The highest BCUT2D eigenvalue weighted by atomic mass is 35.5. The molecule has 0 radical (unpaired) electrons. The summed E-state index contributed by atoms with van der Waals surface area (Å²) in [6, 6.07) is 3.42. The second-order valence-corrected chi connectivity index (χ2v) is 6.14. The van der Waals surface area contributed by atoms with Gasteiger partial charge in [0.15, 0.2) is 0 Å². The van der Waals surface area contributed by atoms with Gasteiger partial charge in [0.05, 0.1) is 24.0 Å². The molecule has 0 atom stereocenters. The molecule has 0 aliphatic carbocycles. The molecule has 6 heteroatoms. The van der Waals surface area contributed by atoms with Crippen LogP contribution in [-0.2, 0) is 9.31 Å². The van der Waals surface area contributed by atoms with Crippen molar-refractivity contribution in [2.45, 2.75) is 38.9 Å². The summed E-state index contributed by atoms with van der Waals surface area (Å²) in [5, 5.41) is 0.538. The molecule has 1 aromatic carbocycles. The van der Waals surface area contributed by atoms with Crippen molar-refractivity contribution in [1.82, 2.24) is 0 Å². The van der Waals surface area contributed by atoms with Crippen LogP contribution in [0.3, 0.4) is 0 Å². The molecule has 0 saturated carbocycles. The first kappa shape index (κ1) is 14.5. The lowest BCUT2D eigenvalue weighted by atomic mass is 9.77. The van der Waals surface area contributed by atoms with Crippen molar-refractivity contribution < 1.29 is 14.0 Å². The molecule has 1 saturated heterocycles. The first-order valence-electron chi connectivity index (χ1n) is 6.16. The molecule has 1 aromatic rings. The van der Waals surface area contributed by atoms with Crippen molar-refractivity contribution in [2.24, 2.45) is 0 Å². The van der Waals surface area contributed by atoms with Crippen LogP contribution >= 0.6 is 11.6 Å². The number of benzene rings is 1. The Labute approximate surface area is 119 Å². The lowest BCUT2D eigenvalue weighted by Crippen LogP contribution is -2.41. The van der Waals surface area contributed by atoms with E-state index in [1.807, 2.05) is 27.7 Å². The standard InChI is InChI=1S/C13H19BClNO3/c1-12(2)13(3,4)19-14(18-12)9-6-8(15)7-10(17-5)11(9)16/h6-7H,16H2,1-5H3. The molecule has 0 spiro atoms. The summed E-state index contributed by atoms with van der Waals surface area (Å²) in [6.45, 7) is 7.96. The maximum absolute atomic E-state index is 6.08. The Balaban J connectivity index is 2.42.